The van der Waals surface area contributed by atoms with Gasteiger partial charge in [-0.05, 0) is 23.3 Å². The second kappa shape index (κ2) is 8.96. The largest absolute Gasteiger partial charge is 0.484 e. The molecular formula is C18H20F3N3O. The topological polar surface area (TPSA) is 45.7 Å². The van der Waals surface area contributed by atoms with Crippen LogP contribution in [0.4, 0.5) is 13.2 Å². The fourth-order valence-electron chi connectivity index (χ4n) is 2.10. The molecule has 134 valence electrons. The number of guanidine groups is 1. The van der Waals surface area contributed by atoms with E-state index in [1.165, 1.54) is 6.07 Å². The minimum atomic E-state index is -4.35. The van der Waals surface area contributed by atoms with Gasteiger partial charge in [0.15, 0.2) is 12.6 Å². The van der Waals surface area contributed by atoms with Crippen molar-refractivity contribution in [1.82, 2.24) is 10.6 Å². The van der Waals surface area contributed by atoms with Gasteiger partial charge in [0.25, 0.3) is 0 Å². The highest BCUT2D eigenvalue weighted by atomic mass is 19.4. The molecule has 7 heteroatoms. The lowest BCUT2D eigenvalue weighted by Crippen LogP contribution is -2.36. The van der Waals surface area contributed by atoms with Crippen molar-refractivity contribution in [2.45, 2.75) is 19.3 Å². The van der Waals surface area contributed by atoms with Gasteiger partial charge in [-0.3, -0.25) is 4.99 Å². The lowest BCUT2D eigenvalue weighted by atomic mass is 10.2. The second-order valence-electron chi connectivity index (χ2n) is 5.32. The summed E-state index contributed by atoms with van der Waals surface area (Å²) in [6.45, 7) is -0.267. The summed E-state index contributed by atoms with van der Waals surface area (Å²) in [7, 11) is 1.66. The van der Waals surface area contributed by atoms with E-state index in [9.17, 15) is 13.2 Å². The van der Waals surface area contributed by atoms with Crippen LogP contribution in [-0.4, -0.2) is 25.8 Å². The molecular weight excluding hydrogens is 331 g/mol. The predicted octanol–water partition coefficient (Wildman–Crippen LogP) is 3.49. The molecule has 25 heavy (non-hydrogen) atoms. The molecule has 2 N–H and O–H groups in total. The summed E-state index contributed by atoms with van der Waals surface area (Å²) < 4.78 is 41.4. The highest BCUT2D eigenvalue weighted by molar-refractivity contribution is 5.79. The number of benzene rings is 2. The third-order valence-electron chi connectivity index (χ3n) is 3.29. The summed E-state index contributed by atoms with van der Waals surface area (Å²) in [5.41, 5.74) is 1.91. The molecule has 0 atom stereocenters. The van der Waals surface area contributed by atoms with Crippen LogP contribution in [0, 0.1) is 0 Å². The van der Waals surface area contributed by atoms with Gasteiger partial charge < -0.3 is 15.4 Å². The first-order chi connectivity index (χ1) is 12.0. The Morgan fingerprint density at radius 1 is 0.960 bits per heavy atom. The van der Waals surface area contributed by atoms with Gasteiger partial charge in [0.05, 0.1) is 0 Å². The SMILES string of the molecule is CN=C(NCc1ccccc1)NCc1cccc(OCC(F)(F)F)c1. The Kier molecular flexibility index (Phi) is 6.68. The summed E-state index contributed by atoms with van der Waals surface area (Å²) in [5, 5.41) is 6.29. The van der Waals surface area contributed by atoms with Crippen LogP contribution < -0.4 is 15.4 Å². The Morgan fingerprint density at radius 3 is 2.24 bits per heavy atom. The van der Waals surface area contributed by atoms with Crippen LogP contribution in [0.15, 0.2) is 59.6 Å². The molecule has 4 nitrogen and oxygen atoms in total. The maximum Gasteiger partial charge on any atom is 0.422 e. The fourth-order valence-corrected chi connectivity index (χ4v) is 2.10. The van der Waals surface area contributed by atoms with E-state index in [4.69, 9.17) is 4.74 Å². The van der Waals surface area contributed by atoms with Crippen LogP contribution in [-0.2, 0) is 13.1 Å². The number of hydrogen-bond donors (Lipinski definition) is 2. The number of rotatable bonds is 6. The first-order valence-electron chi connectivity index (χ1n) is 7.73. The smallest absolute Gasteiger partial charge is 0.422 e. The molecule has 2 rings (SSSR count). The molecule has 0 aromatic heterocycles. The van der Waals surface area contributed by atoms with E-state index in [2.05, 4.69) is 15.6 Å². The molecule has 0 spiro atoms. The third kappa shape index (κ3) is 7.15. The van der Waals surface area contributed by atoms with Crippen molar-refractivity contribution in [1.29, 1.82) is 0 Å². The molecule has 0 bridgehead atoms. The molecule has 0 aliphatic rings. The van der Waals surface area contributed by atoms with E-state index in [0.29, 0.717) is 19.0 Å². The lowest BCUT2D eigenvalue weighted by molar-refractivity contribution is -0.153. The highest BCUT2D eigenvalue weighted by Gasteiger charge is 2.28. The van der Waals surface area contributed by atoms with Crippen molar-refractivity contribution in [2.75, 3.05) is 13.7 Å². The third-order valence-corrected chi connectivity index (χ3v) is 3.29. The van der Waals surface area contributed by atoms with Crippen molar-refractivity contribution >= 4 is 5.96 Å². The first kappa shape index (κ1) is 18.6. The normalized spacial score (nSPS) is 11.9. The van der Waals surface area contributed by atoms with E-state index in [-0.39, 0.29) is 5.75 Å². The molecule has 0 radical (unpaired) electrons. The van der Waals surface area contributed by atoms with Gasteiger partial charge in [-0.1, -0.05) is 42.5 Å². The number of nitrogens with zero attached hydrogens (tertiary/aromatic N) is 1. The van der Waals surface area contributed by atoms with Crippen LogP contribution in [0.25, 0.3) is 0 Å². The van der Waals surface area contributed by atoms with Gasteiger partial charge in [-0.2, -0.15) is 13.2 Å². The molecule has 0 aliphatic carbocycles. The van der Waals surface area contributed by atoms with Gasteiger partial charge in [-0.25, -0.2) is 0 Å². The number of halogens is 3. The quantitative estimate of drug-likeness (QED) is 0.619. The molecule has 0 saturated carbocycles. The zero-order valence-corrected chi connectivity index (χ0v) is 13.8. The Bertz CT molecular complexity index is 687. The van der Waals surface area contributed by atoms with Gasteiger partial charge in [0.1, 0.15) is 5.75 Å². The molecule has 2 aromatic carbocycles. The number of ether oxygens (including phenoxy) is 1. The molecule has 0 saturated heterocycles. The average molecular weight is 351 g/mol. The van der Waals surface area contributed by atoms with E-state index in [0.717, 1.165) is 11.1 Å². The van der Waals surface area contributed by atoms with Crippen LogP contribution in [0.5, 0.6) is 5.75 Å². The number of nitrogens with one attached hydrogen (secondary N) is 2. The standard InChI is InChI=1S/C18H20F3N3O/c1-22-17(23-11-14-6-3-2-4-7-14)24-12-15-8-5-9-16(10-15)25-13-18(19,20)21/h2-10H,11-13H2,1H3,(H2,22,23,24). The fraction of sp³-hybridized carbons (Fsp3) is 0.278. The predicted molar refractivity (Wildman–Crippen MR) is 91.5 cm³/mol. The summed E-state index contributed by atoms with van der Waals surface area (Å²) in [4.78, 5) is 4.12. The van der Waals surface area contributed by atoms with Crippen LogP contribution in [0.3, 0.4) is 0 Å². The first-order valence-corrected chi connectivity index (χ1v) is 7.73. The van der Waals surface area contributed by atoms with Crippen LogP contribution >= 0.6 is 0 Å². The summed E-state index contributed by atoms with van der Waals surface area (Å²) in [6.07, 6.45) is -4.35. The zero-order chi connectivity index (χ0) is 18.1. The molecule has 0 heterocycles. The summed E-state index contributed by atoms with van der Waals surface area (Å²) in [6, 6.07) is 16.4. The number of alkyl halides is 3. The van der Waals surface area contributed by atoms with Crippen LogP contribution in [0.2, 0.25) is 0 Å². The molecule has 0 fully saturated rings. The maximum atomic E-state index is 12.2. The van der Waals surface area contributed by atoms with Gasteiger partial charge in [0, 0.05) is 20.1 Å². The van der Waals surface area contributed by atoms with Gasteiger partial charge in [-0.15, -0.1) is 0 Å². The van der Waals surface area contributed by atoms with Crippen molar-refractivity contribution in [3.05, 3.63) is 65.7 Å². The van der Waals surface area contributed by atoms with E-state index in [1.807, 2.05) is 30.3 Å². The molecule has 0 unspecified atom stereocenters. The Labute approximate surface area is 144 Å². The molecule has 2 aromatic rings. The number of aliphatic imine (C=N–C) groups is 1. The summed E-state index contributed by atoms with van der Waals surface area (Å²) in [5.74, 6) is 0.786. The zero-order valence-electron chi connectivity index (χ0n) is 13.8. The average Bonchev–Trinajstić information content (AvgIpc) is 2.61. The van der Waals surface area contributed by atoms with Crippen molar-refractivity contribution < 1.29 is 17.9 Å². The Hall–Kier alpha value is -2.70. The van der Waals surface area contributed by atoms with E-state index in [1.54, 1.807) is 25.2 Å². The second-order valence-corrected chi connectivity index (χ2v) is 5.32. The minimum Gasteiger partial charge on any atom is -0.484 e. The van der Waals surface area contributed by atoms with Crippen molar-refractivity contribution in [3.63, 3.8) is 0 Å². The van der Waals surface area contributed by atoms with Crippen molar-refractivity contribution in [3.8, 4) is 5.75 Å². The van der Waals surface area contributed by atoms with E-state index < -0.39 is 12.8 Å². The molecule has 0 amide bonds. The van der Waals surface area contributed by atoms with Crippen LogP contribution in [0.1, 0.15) is 11.1 Å². The Balaban J connectivity index is 1.84. The minimum absolute atomic E-state index is 0.184. The van der Waals surface area contributed by atoms with Crippen molar-refractivity contribution in [2.24, 2.45) is 4.99 Å². The Morgan fingerprint density at radius 2 is 1.60 bits per heavy atom. The van der Waals surface area contributed by atoms with Gasteiger partial charge >= 0.3 is 6.18 Å². The maximum absolute atomic E-state index is 12.2. The summed E-state index contributed by atoms with van der Waals surface area (Å²) >= 11 is 0. The highest BCUT2D eigenvalue weighted by Crippen LogP contribution is 2.19. The molecule has 0 aliphatic heterocycles. The lowest BCUT2D eigenvalue weighted by Gasteiger charge is -2.13. The monoisotopic (exact) mass is 351 g/mol. The number of hydrogen-bond acceptors (Lipinski definition) is 2. The van der Waals surface area contributed by atoms with E-state index >= 15 is 0 Å². The van der Waals surface area contributed by atoms with Gasteiger partial charge in [0.2, 0.25) is 0 Å².